The summed E-state index contributed by atoms with van der Waals surface area (Å²) in [6, 6.07) is 8.42. The van der Waals surface area contributed by atoms with Gasteiger partial charge in [0.05, 0.1) is 0 Å². The number of benzene rings is 1. The standard InChI is InChI=1S/C17H22O2/c1-2-5-13-8-10-15(11-9-13)16(12-17(18)19)14-6-3-4-7-14/h8-12,14H,2-7H2,1H3,(H,18,19)/b16-12+. The van der Waals surface area contributed by atoms with E-state index in [9.17, 15) is 4.79 Å². The molecule has 0 atom stereocenters. The predicted molar refractivity (Wildman–Crippen MR) is 78.0 cm³/mol. The highest BCUT2D eigenvalue weighted by Crippen LogP contribution is 2.36. The monoisotopic (exact) mass is 258 g/mol. The molecule has 0 amide bonds. The number of hydrogen-bond acceptors (Lipinski definition) is 1. The summed E-state index contributed by atoms with van der Waals surface area (Å²) in [5.41, 5.74) is 3.41. The lowest BCUT2D eigenvalue weighted by Gasteiger charge is -2.15. The molecule has 2 rings (SSSR count). The third-order valence-corrected chi connectivity index (χ3v) is 3.90. The van der Waals surface area contributed by atoms with Crippen LogP contribution in [0.15, 0.2) is 30.3 Å². The summed E-state index contributed by atoms with van der Waals surface area (Å²) in [6.07, 6.45) is 8.31. The first-order valence-corrected chi connectivity index (χ1v) is 7.24. The summed E-state index contributed by atoms with van der Waals surface area (Å²) in [5, 5.41) is 9.07. The van der Waals surface area contributed by atoms with Gasteiger partial charge in [-0.25, -0.2) is 4.79 Å². The molecule has 1 aliphatic carbocycles. The highest BCUT2D eigenvalue weighted by molar-refractivity contribution is 5.90. The zero-order valence-electron chi connectivity index (χ0n) is 11.6. The molecule has 0 bridgehead atoms. The molecule has 1 aromatic carbocycles. The minimum absolute atomic E-state index is 0.424. The molecule has 0 radical (unpaired) electrons. The van der Waals surface area contributed by atoms with E-state index in [0.717, 1.165) is 36.8 Å². The molecule has 102 valence electrons. The molecule has 1 aromatic rings. The Morgan fingerprint density at radius 2 is 1.89 bits per heavy atom. The number of carbonyl (C=O) groups is 1. The largest absolute Gasteiger partial charge is 0.478 e. The fourth-order valence-corrected chi connectivity index (χ4v) is 2.96. The van der Waals surface area contributed by atoms with E-state index in [1.807, 2.05) is 0 Å². The second kappa shape index (κ2) is 6.55. The minimum Gasteiger partial charge on any atom is -0.478 e. The van der Waals surface area contributed by atoms with Crippen LogP contribution in [0.1, 0.15) is 50.2 Å². The van der Waals surface area contributed by atoms with Crippen LogP contribution in [0.2, 0.25) is 0 Å². The fraction of sp³-hybridized carbons (Fsp3) is 0.471. The molecule has 1 fully saturated rings. The van der Waals surface area contributed by atoms with E-state index < -0.39 is 5.97 Å². The van der Waals surface area contributed by atoms with Crippen molar-refractivity contribution < 1.29 is 9.90 Å². The Morgan fingerprint density at radius 3 is 2.42 bits per heavy atom. The van der Waals surface area contributed by atoms with Gasteiger partial charge in [0, 0.05) is 6.08 Å². The molecule has 1 saturated carbocycles. The van der Waals surface area contributed by atoms with Crippen LogP contribution in [0.3, 0.4) is 0 Å². The number of carboxylic acid groups (broad SMARTS) is 1. The van der Waals surface area contributed by atoms with Crippen LogP contribution in [0.25, 0.3) is 5.57 Å². The Balaban J connectivity index is 2.24. The Morgan fingerprint density at radius 1 is 1.26 bits per heavy atom. The van der Waals surface area contributed by atoms with Crippen LogP contribution in [-0.4, -0.2) is 11.1 Å². The predicted octanol–water partition coefficient (Wildman–Crippen LogP) is 4.30. The fourth-order valence-electron chi connectivity index (χ4n) is 2.96. The van der Waals surface area contributed by atoms with Crippen molar-refractivity contribution in [3.8, 4) is 0 Å². The van der Waals surface area contributed by atoms with Crippen LogP contribution >= 0.6 is 0 Å². The van der Waals surface area contributed by atoms with Crippen molar-refractivity contribution in [3.05, 3.63) is 41.5 Å². The van der Waals surface area contributed by atoms with Gasteiger partial charge in [-0.1, -0.05) is 50.5 Å². The molecule has 1 N–H and O–H groups in total. The van der Waals surface area contributed by atoms with Gasteiger partial charge in [-0.2, -0.15) is 0 Å². The van der Waals surface area contributed by atoms with E-state index in [0.29, 0.717) is 5.92 Å². The first kappa shape index (κ1) is 13.9. The topological polar surface area (TPSA) is 37.3 Å². The van der Waals surface area contributed by atoms with Crippen LogP contribution in [0.5, 0.6) is 0 Å². The van der Waals surface area contributed by atoms with Gasteiger partial charge in [0.15, 0.2) is 0 Å². The Labute approximate surface area is 115 Å². The van der Waals surface area contributed by atoms with Gasteiger partial charge in [0.1, 0.15) is 0 Å². The number of aliphatic carboxylic acids is 1. The van der Waals surface area contributed by atoms with E-state index in [4.69, 9.17) is 5.11 Å². The second-order valence-electron chi connectivity index (χ2n) is 5.37. The summed E-state index contributed by atoms with van der Waals surface area (Å²) < 4.78 is 0. The van der Waals surface area contributed by atoms with Crippen molar-refractivity contribution in [2.24, 2.45) is 5.92 Å². The number of carboxylic acids is 1. The molecular weight excluding hydrogens is 236 g/mol. The van der Waals surface area contributed by atoms with Crippen molar-refractivity contribution in [2.75, 3.05) is 0 Å². The normalized spacial score (nSPS) is 16.8. The quantitative estimate of drug-likeness (QED) is 0.800. The highest BCUT2D eigenvalue weighted by Gasteiger charge is 2.21. The number of allylic oxidation sites excluding steroid dienone is 1. The lowest BCUT2D eigenvalue weighted by Crippen LogP contribution is -2.02. The zero-order valence-corrected chi connectivity index (χ0v) is 11.6. The molecule has 19 heavy (non-hydrogen) atoms. The van der Waals surface area contributed by atoms with Crippen LogP contribution in [0.4, 0.5) is 0 Å². The summed E-state index contributed by atoms with van der Waals surface area (Å²) in [6.45, 7) is 2.17. The minimum atomic E-state index is -0.834. The summed E-state index contributed by atoms with van der Waals surface area (Å²) >= 11 is 0. The SMILES string of the molecule is CCCc1ccc(/C(=C/C(=O)O)C2CCCC2)cc1. The van der Waals surface area contributed by atoms with Crippen LogP contribution in [-0.2, 0) is 11.2 Å². The van der Waals surface area contributed by atoms with Crippen molar-refractivity contribution in [1.29, 1.82) is 0 Å². The maximum Gasteiger partial charge on any atom is 0.328 e. The van der Waals surface area contributed by atoms with Crippen molar-refractivity contribution in [2.45, 2.75) is 45.4 Å². The van der Waals surface area contributed by atoms with Gasteiger partial charge < -0.3 is 5.11 Å². The lowest BCUT2D eigenvalue weighted by molar-refractivity contribution is -0.131. The number of hydrogen-bond donors (Lipinski definition) is 1. The van der Waals surface area contributed by atoms with Gasteiger partial charge in [0.25, 0.3) is 0 Å². The number of rotatable bonds is 5. The highest BCUT2D eigenvalue weighted by atomic mass is 16.4. The Kier molecular flexibility index (Phi) is 4.78. The molecule has 2 heteroatoms. The lowest BCUT2D eigenvalue weighted by atomic mass is 9.90. The molecule has 0 aromatic heterocycles. The van der Waals surface area contributed by atoms with Crippen molar-refractivity contribution >= 4 is 11.5 Å². The molecule has 0 saturated heterocycles. The van der Waals surface area contributed by atoms with Gasteiger partial charge in [0.2, 0.25) is 0 Å². The molecule has 0 spiro atoms. The van der Waals surface area contributed by atoms with Crippen molar-refractivity contribution in [1.82, 2.24) is 0 Å². The van der Waals surface area contributed by atoms with E-state index in [-0.39, 0.29) is 0 Å². The first-order chi connectivity index (χ1) is 9.20. The van der Waals surface area contributed by atoms with E-state index in [2.05, 4.69) is 31.2 Å². The molecule has 2 nitrogen and oxygen atoms in total. The summed E-state index contributed by atoms with van der Waals surface area (Å²) in [7, 11) is 0. The third kappa shape index (κ3) is 3.69. The van der Waals surface area contributed by atoms with Crippen LogP contribution in [0, 0.1) is 5.92 Å². The molecule has 0 unspecified atom stereocenters. The average Bonchev–Trinajstić information content (AvgIpc) is 2.91. The van der Waals surface area contributed by atoms with E-state index in [1.165, 1.54) is 24.5 Å². The molecule has 0 aliphatic heterocycles. The van der Waals surface area contributed by atoms with E-state index in [1.54, 1.807) is 0 Å². The maximum absolute atomic E-state index is 11.0. The second-order valence-corrected chi connectivity index (χ2v) is 5.37. The molecule has 1 aliphatic rings. The smallest absolute Gasteiger partial charge is 0.328 e. The summed E-state index contributed by atoms with van der Waals surface area (Å²) in [4.78, 5) is 11.0. The Bertz CT molecular complexity index is 451. The van der Waals surface area contributed by atoms with Gasteiger partial charge in [-0.3, -0.25) is 0 Å². The van der Waals surface area contributed by atoms with Gasteiger partial charge in [-0.15, -0.1) is 0 Å². The third-order valence-electron chi connectivity index (χ3n) is 3.90. The molecule has 0 heterocycles. The average molecular weight is 258 g/mol. The first-order valence-electron chi connectivity index (χ1n) is 7.24. The van der Waals surface area contributed by atoms with Gasteiger partial charge in [-0.05, 0) is 41.9 Å². The maximum atomic E-state index is 11.0. The Hall–Kier alpha value is -1.57. The zero-order chi connectivity index (χ0) is 13.7. The number of aryl methyl sites for hydroxylation is 1. The van der Waals surface area contributed by atoms with Gasteiger partial charge >= 0.3 is 5.97 Å². The summed E-state index contributed by atoms with van der Waals surface area (Å²) in [5.74, 6) is -0.410. The van der Waals surface area contributed by atoms with Crippen LogP contribution < -0.4 is 0 Å². The van der Waals surface area contributed by atoms with E-state index >= 15 is 0 Å². The van der Waals surface area contributed by atoms with Crippen molar-refractivity contribution in [3.63, 3.8) is 0 Å². The molecular formula is C17H22O2.